The number of aryl methyl sites for hydroxylation is 1. The Morgan fingerprint density at radius 3 is 2.70 bits per heavy atom. The predicted molar refractivity (Wildman–Crippen MR) is 88.1 cm³/mol. The fraction of sp³-hybridized carbons (Fsp3) is 0.429. The Labute approximate surface area is 132 Å². The molecule has 0 heterocycles. The van der Waals surface area contributed by atoms with E-state index in [1.807, 2.05) is 25.1 Å². The summed E-state index contributed by atoms with van der Waals surface area (Å²) in [5.74, 6) is 1.48. The van der Waals surface area contributed by atoms with E-state index in [-0.39, 0.29) is 18.4 Å². The number of hydrogen-bond acceptors (Lipinski definition) is 3. The summed E-state index contributed by atoms with van der Waals surface area (Å²) in [5.41, 5.74) is 1.77. The van der Waals surface area contributed by atoms with Crippen LogP contribution in [0.4, 0.5) is 5.69 Å². The van der Waals surface area contributed by atoms with Crippen LogP contribution in [0.25, 0.3) is 0 Å². The molecular weight excluding hydrogens is 340 g/mol. The first-order valence-electron chi connectivity index (χ1n) is 6.43. The molecule has 0 saturated heterocycles. The molecule has 1 rings (SSSR count). The first-order chi connectivity index (χ1) is 9.52. The van der Waals surface area contributed by atoms with E-state index in [2.05, 4.69) is 33.5 Å². The molecule has 110 valence electrons. The molecule has 0 radical (unpaired) electrons. The third-order valence-electron chi connectivity index (χ3n) is 2.57. The van der Waals surface area contributed by atoms with E-state index in [0.29, 0.717) is 6.42 Å². The van der Waals surface area contributed by atoms with Crippen LogP contribution in [0.15, 0.2) is 22.7 Å². The molecule has 20 heavy (non-hydrogen) atoms. The smallest absolute Gasteiger partial charge is 0.243 e. The minimum absolute atomic E-state index is 0.00470. The van der Waals surface area contributed by atoms with Gasteiger partial charge in [-0.3, -0.25) is 9.59 Å². The molecule has 2 N–H and O–H groups in total. The summed E-state index contributed by atoms with van der Waals surface area (Å²) in [7, 11) is 0. The van der Waals surface area contributed by atoms with Crippen molar-refractivity contribution in [1.82, 2.24) is 5.32 Å². The van der Waals surface area contributed by atoms with Crippen molar-refractivity contribution in [2.45, 2.75) is 20.3 Å². The van der Waals surface area contributed by atoms with E-state index in [9.17, 15) is 9.59 Å². The van der Waals surface area contributed by atoms with Gasteiger partial charge in [-0.2, -0.15) is 11.8 Å². The average molecular weight is 359 g/mol. The van der Waals surface area contributed by atoms with Gasteiger partial charge in [0.05, 0.1) is 6.54 Å². The number of hydrogen-bond donors (Lipinski definition) is 2. The summed E-state index contributed by atoms with van der Waals surface area (Å²) >= 11 is 5.11. The lowest BCUT2D eigenvalue weighted by atomic mass is 10.2. The zero-order valence-electron chi connectivity index (χ0n) is 11.7. The summed E-state index contributed by atoms with van der Waals surface area (Å²) in [6.45, 7) is 4.01. The molecule has 0 atom stereocenters. The van der Waals surface area contributed by atoms with Gasteiger partial charge in [-0.05, 0) is 36.4 Å². The van der Waals surface area contributed by atoms with E-state index < -0.39 is 0 Å². The van der Waals surface area contributed by atoms with E-state index in [1.54, 1.807) is 11.8 Å². The number of rotatable bonds is 7. The van der Waals surface area contributed by atoms with Crippen molar-refractivity contribution in [1.29, 1.82) is 0 Å². The van der Waals surface area contributed by atoms with Gasteiger partial charge >= 0.3 is 0 Å². The lowest BCUT2D eigenvalue weighted by Gasteiger charge is -2.08. The van der Waals surface area contributed by atoms with E-state index in [4.69, 9.17) is 0 Å². The van der Waals surface area contributed by atoms with Crippen LogP contribution in [0.1, 0.15) is 18.9 Å². The number of carbonyl (C=O) groups excluding carboxylic acids is 2. The van der Waals surface area contributed by atoms with Crippen LogP contribution < -0.4 is 10.6 Å². The molecule has 4 nitrogen and oxygen atoms in total. The van der Waals surface area contributed by atoms with Gasteiger partial charge in [-0.15, -0.1) is 0 Å². The molecule has 0 aliphatic heterocycles. The Bertz CT molecular complexity index is 480. The maximum atomic E-state index is 11.7. The van der Waals surface area contributed by atoms with Crippen molar-refractivity contribution in [3.8, 4) is 0 Å². The predicted octanol–water partition coefficient (Wildman–Crippen LogP) is 2.96. The first-order valence-corrected chi connectivity index (χ1v) is 8.38. The van der Waals surface area contributed by atoms with Gasteiger partial charge < -0.3 is 10.6 Å². The van der Waals surface area contributed by atoms with Crippen molar-refractivity contribution in [3.63, 3.8) is 0 Å². The number of benzene rings is 1. The van der Waals surface area contributed by atoms with Crippen LogP contribution >= 0.6 is 27.7 Å². The van der Waals surface area contributed by atoms with Gasteiger partial charge in [0.25, 0.3) is 0 Å². The number of amides is 2. The number of thioether (sulfide) groups is 1. The van der Waals surface area contributed by atoms with Crippen LogP contribution in [0, 0.1) is 6.92 Å². The fourth-order valence-corrected chi connectivity index (χ4v) is 2.37. The van der Waals surface area contributed by atoms with Crippen molar-refractivity contribution in [2.75, 3.05) is 23.4 Å². The first kappa shape index (κ1) is 17.0. The molecule has 0 aromatic heterocycles. The van der Waals surface area contributed by atoms with Gasteiger partial charge in [-0.1, -0.05) is 22.9 Å². The number of carbonyl (C=O) groups is 2. The van der Waals surface area contributed by atoms with E-state index in [0.717, 1.165) is 27.2 Å². The minimum atomic E-state index is -0.219. The van der Waals surface area contributed by atoms with Gasteiger partial charge in [-0.25, -0.2) is 0 Å². The Balaban J connectivity index is 2.32. The quantitative estimate of drug-likeness (QED) is 0.736. The molecule has 0 bridgehead atoms. The molecule has 1 aromatic carbocycles. The fourth-order valence-electron chi connectivity index (χ4n) is 1.50. The van der Waals surface area contributed by atoms with Crippen molar-refractivity contribution in [2.24, 2.45) is 0 Å². The lowest BCUT2D eigenvalue weighted by Crippen LogP contribution is -2.33. The second-order valence-corrected chi connectivity index (χ2v) is 6.48. The SMILES string of the molecule is CCSCCC(=O)NCC(=O)Nc1ccc(Br)c(C)c1. The maximum absolute atomic E-state index is 11.7. The van der Waals surface area contributed by atoms with Crippen LogP contribution in [0.5, 0.6) is 0 Å². The Kier molecular flexibility index (Phi) is 7.69. The summed E-state index contributed by atoms with van der Waals surface area (Å²) in [5, 5.41) is 5.37. The van der Waals surface area contributed by atoms with E-state index in [1.165, 1.54) is 0 Å². The van der Waals surface area contributed by atoms with Gasteiger partial charge in [0.1, 0.15) is 0 Å². The zero-order valence-corrected chi connectivity index (χ0v) is 14.1. The lowest BCUT2D eigenvalue weighted by molar-refractivity contribution is -0.123. The van der Waals surface area contributed by atoms with Crippen molar-refractivity contribution in [3.05, 3.63) is 28.2 Å². The monoisotopic (exact) mass is 358 g/mol. The van der Waals surface area contributed by atoms with Gasteiger partial charge in [0.15, 0.2) is 0 Å². The number of halogens is 1. The van der Waals surface area contributed by atoms with Crippen LogP contribution in [0.3, 0.4) is 0 Å². The normalized spacial score (nSPS) is 10.2. The molecule has 0 saturated carbocycles. The standard InChI is InChI=1S/C14H19BrN2O2S/c1-3-20-7-6-13(18)16-9-14(19)17-11-4-5-12(15)10(2)8-11/h4-5,8H,3,6-7,9H2,1-2H3,(H,16,18)(H,17,19). The van der Waals surface area contributed by atoms with Crippen LogP contribution in [-0.4, -0.2) is 29.9 Å². The number of anilines is 1. The topological polar surface area (TPSA) is 58.2 Å². The Morgan fingerprint density at radius 2 is 2.05 bits per heavy atom. The molecule has 0 fully saturated rings. The second-order valence-electron chi connectivity index (χ2n) is 4.24. The average Bonchev–Trinajstić information content (AvgIpc) is 2.41. The van der Waals surface area contributed by atoms with Crippen LogP contribution in [0.2, 0.25) is 0 Å². The molecule has 6 heteroatoms. The summed E-state index contributed by atoms with van der Waals surface area (Å²) < 4.78 is 0.997. The zero-order chi connectivity index (χ0) is 15.0. The third-order valence-corrected chi connectivity index (χ3v) is 4.36. The largest absolute Gasteiger partial charge is 0.347 e. The maximum Gasteiger partial charge on any atom is 0.243 e. The Hall–Kier alpha value is -1.01. The summed E-state index contributed by atoms with van der Waals surface area (Å²) in [4.78, 5) is 23.2. The van der Waals surface area contributed by atoms with Crippen LogP contribution in [-0.2, 0) is 9.59 Å². The molecular formula is C14H19BrN2O2S. The summed E-state index contributed by atoms with van der Waals surface area (Å²) in [6.07, 6.45) is 0.448. The highest BCUT2D eigenvalue weighted by Crippen LogP contribution is 2.19. The minimum Gasteiger partial charge on any atom is -0.347 e. The van der Waals surface area contributed by atoms with Crippen molar-refractivity contribution >= 4 is 45.2 Å². The summed E-state index contributed by atoms with van der Waals surface area (Å²) in [6, 6.07) is 5.57. The van der Waals surface area contributed by atoms with Gasteiger partial charge in [0, 0.05) is 22.3 Å². The highest BCUT2D eigenvalue weighted by molar-refractivity contribution is 9.10. The highest BCUT2D eigenvalue weighted by Gasteiger charge is 2.06. The molecule has 0 spiro atoms. The van der Waals surface area contributed by atoms with Gasteiger partial charge in [0.2, 0.25) is 11.8 Å². The Morgan fingerprint density at radius 1 is 1.30 bits per heavy atom. The molecule has 1 aromatic rings. The second kappa shape index (κ2) is 9.02. The van der Waals surface area contributed by atoms with E-state index >= 15 is 0 Å². The molecule has 0 unspecified atom stereocenters. The molecule has 2 amide bonds. The van der Waals surface area contributed by atoms with Crippen molar-refractivity contribution < 1.29 is 9.59 Å². The third kappa shape index (κ3) is 6.43. The molecule has 0 aliphatic carbocycles. The molecule has 0 aliphatic rings. The number of nitrogens with one attached hydrogen (secondary N) is 2. The highest BCUT2D eigenvalue weighted by atomic mass is 79.9.